The van der Waals surface area contributed by atoms with Crippen LogP contribution < -0.4 is 4.72 Å². The number of carbonyl (C=O) groups is 2. The molecule has 0 radical (unpaired) electrons. The molecular formula is C10H19NO6S. The summed E-state index contributed by atoms with van der Waals surface area (Å²) in [4.78, 5) is 22.2. The molecule has 1 atom stereocenters. The molecular weight excluding hydrogens is 262 g/mol. The highest BCUT2D eigenvalue weighted by Gasteiger charge is 2.24. The van der Waals surface area contributed by atoms with Crippen LogP contribution in [-0.4, -0.2) is 45.9 Å². The van der Waals surface area contributed by atoms with Gasteiger partial charge < -0.3 is 9.47 Å². The second kappa shape index (κ2) is 8.04. The molecule has 0 saturated heterocycles. The Labute approximate surface area is 107 Å². The van der Waals surface area contributed by atoms with E-state index in [0.717, 1.165) is 0 Å². The van der Waals surface area contributed by atoms with E-state index in [-0.39, 0.29) is 19.4 Å². The zero-order valence-electron chi connectivity index (χ0n) is 10.8. The molecule has 0 fully saturated rings. The van der Waals surface area contributed by atoms with Gasteiger partial charge in [-0.25, -0.2) is 13.1 Å². The van der Waals surface area contributed by atoms with Crippen molar-refractivity contribution in [3.63, 3.8) is 0 Å². The van der Waals surface area contributed by atoms with Crippen LogP contribution in [0.3, 0.4) is 0 Å². The minimum atomic E-state index is -3.71. The number of rotatable bonds is 8. The second-order valence-corrected chi connectivity index (χ2v) is 5.35. The van der Waals surface area contributed by atoms with Gasteiger partial charge in [-0.15, -0.1) is 0 Å². The number of methoxy groups -OCH3 is 1. The first-order valence-corrected chi connectivity index (χ1v) is 7.25. The molecule has 0 amide bonds. The standard InChI is InChI=1S/C10H19NO6S/c1-4-8(10(13)16-3)11-18(14,15)7-6-9(12)17-5-2/h8,11H,4-7H2,1-3H3. The molecule has 0 aliphatic rings. The summed E-state index contributed by atoms with van der Waals surface area (Å²) in [6.45, 7) is 3.48. The summed E-state index contributed by atoms with van der Waals surface area (Å²) in [5.74, 6) is -1.66. The summed E-state index contributed by atoms with van der Waals surface area (Å²) < 4.78 is 34.5. The van der Waals surface area contributed by atoms with E-state index in [9.17, 15) is 18.0 Å². The minimum absolute atomic E-state index is 0.200. The number of nitrogens with one attached hydrogen (secondary N) is 1. The molecule has 1 unspecified atom stereocenters. The van der Waals surface area contributed by atoms with Gasteiger partial charge in [0, 0.05) is 0 Å². The Hall–Kier alpha value is -1.15. The third-order valence-electron chi connectivity index (χ3n) is 2.10. The van der Waals surface area contributed by atoms with Crippen molar-refractivity contribution in [3.8, 4) is 0 Å². The average molecular weight is 281 g/mol. The van der Waals surface area contributed by atoms with Crippen molar-refractivity contribution in [1.82, 2.24) is 4.72 Å². The van der Waals surface area contributed by atoms with Crippen LogP contribution >= 0.6 is 0 Å². The van der Waals surface area contributed by atoms with Crippen LogP contribution in [-0.2, 0) is 29.1 Å². The monoisotopic (exact) mass is 281 g/mol. The molecule has 18 heavy (non-hydrogen) atoms. The summed E-state index contributed by atoms with van der Waals surface area (Å²) in [6.07, 6.45) is 0.0199. The van der Waals surface area contributed by atoms with Gasteiger partial charge in [0.15, 0.2) is 0 Å². The third-order valence-corrected chi connectivity index (χ3v) is 3.48. The van der Waals surface area contributed by atoms with E-state index >= 15 is 0 Å². The van der Waals surface area contributed by atoms with Crippen LogP contribution in [0.25, 0.3) is 0 Å². The van der Waals surface area contributed by atoms with Gasteiger partial charge in [0.05, 0.1) is 25.9 Å². The molecule has 0 saturated carbocycles. The molecule has 0 aliphatic heterocycles. The molecule has 0 spiro atoms. The lowest BCUT2D eigenvalue weighted by Crippen LogP contribution is -2.42. The topological polar surface area (TPSA) is 98.8 Å². The summed E-state index contributed by atoms with van der Waals surface area (Å²) in [5.41, 5.74) is 0. The van der Waals surface area contributed by atoms with Gasteiger partial charge >= 0.3 is 11.9 Å². The highest BCUT2D eigenvalue weighted by molar-refractivity contribution is 7.89. The fourth-order valence-electron chi connectivity index (χ4n) is 1.17. The van der Waals surface area contributed by atoms with E-state index in [2.05, 4.69) is 14.2 Å². The van der Waals surface area contributed by atoms with Crippen LogP contribution in [0.5, 0.6) is 0 Å². The van der Waals surface area contributed by atoms with Crippen molar-refractivity contribution in [3.05, 3.63) is 0 Å². The Balaban J connectivity index is 4.37. The molecule has 0 aromatic heterocycles. The van der Waals surface area contributed by atoms with E-state index in [1.165, 1.54) is 7.11 Å². The highest BCUT2D eigenvalue weighted by Crippen LogP contribution is 2.00. The van der Waals surface area contributed by atoms with Crippen molar-refractivity contribution in [2.45, 2.75) is 32.7 Å². The number of hydrogen-bond acceptors (Lipinski definition) is 6. The summed E-state index contributed by atoms with van der Waals surface area (Å²) in [6, 6.07) is -0.929. The van der Waals surface area contributed by atoms with Crippen molar-refractivity contribution in [1.29, 1.82) is 0 Å². The predicted octanol–water partition coefficient (Wildman–Crippen LogP) is -0.189. The normalized spacial score (nSPS) is 12.8. The maximum atomic E-state index is 11.6. The quantitative estimate of drug-likeness (QED) is 0.619. The van der Waals surface area contributed by atoms with Crippen molar-refractivity contribution >= 4 is 22.0 Å². The molecule has 0 aromatic carbocycles. The van der Waals surface area contributed by atoms with Gasteiger partial charge in [0.2, 0.25) is 10.0 Å². The zero-order valence-corrected chi connectivity index (χ0v) is 11.6. The molecule has 1 N–H and O–H groups in total. The predicted molar refractivity (Wildman–Crippen MR) is 64.3 cm³/mol. The minimum Gasteiger partial charge on any atom is -0.468 e. The number of ether oxygens (including phenoxy) is 2. The Bertz CT molecular complexity index is 378. The molecule has 8 heteroatoms. The summed E-state index contributed by atoms with van der Waals surface area (Å²) in [5, 5.41) is 0. The van der Waals surface area contributed by atoms with Crippen LogP contribution in [0.4, 0.5) is 0 Å². The zero-order chi connectivity index (χ0) is 14.2. The van der Waals surface area contributed by atoms with Gasteiger partial charge in [-0.3, -0.25) is 9.59 Å². The molecule has 0 aromatic rings. The van der Waals surface area contributed by atoms with E-state index in [1.54, 1.807) is 13.8 Å². The van der Waals surface area contributed by atoms with Crippen molar-refractivity contribution in [2.24, 2.45) is 0 Å². The highest BCUT2D eigenvalue weighted by atomic mass is 32.2. The largest absolute Gasteiger partial charge is 0.468 e. The van der Waals surface area contributed by atoms with Crippen molar-refractivity contribution in [2.75, 3.05) is 19.5 Å². The van der Waals surface area contributed by atoms with Crippen molar-refractivity contribution < 1.29 is 27.5 Å². The molecule has 106 valence electrons. The van der Waals surface area contributed by atoms with Gasteiger partial charge in [0.25, 0.3) is 0 Å². The van der Waals surface area contributed by atoms with Gasteiger partial charge in [-0.1, -0.05) is 6.92 Å². The number of sulfonamides is 1. The van der Waals surface area contributed by atoms with E-state index in [4.69, 9.17) is 0 Å². The summed E-state index contributed by atoms with van der Waals surface area (Å²) in [7, 11) is -2.53. The van der Waals surface area contributed by atoms with Gasteiger partial charge in [-0.05, 0) is 13.3 Å². The first-order chi connectivity index (χ1) is 8.36. The van der Waals surface area contributed by atoms with Crippen LogP contribution in [0.1, 0.15) is 26.7 Å². The van der Waals surface area contributed by atoms with Crippen LogP contribution in [0.2, 0.25) is 0 Å². The first kappa shape index (κ1) is 16.9. The maximum Gasteiger partial charge on any atom is 0.323 e. The lowest BCUT2D eigenvalue weighted by Gasteiger charge is -2.14. The Morgan fingerprint density at radius 1 is 1.28 bits per heavy atom. The lowest BCUT2D eigenvalue weighted by atomic mass is 10.2. The molecule has 0 heterocycles. The Kier molecular flexibility index (Phi) is 7.53. The Morgan fingerprint density at radius 3 is 2.33 bits per heavy atom. The van der Waals surface area contributed by atoms with E-state index in [0.29, 0.717) is 0 Å². The average Bonchev–Trinajstić information content (AvgIpc) is 2.33. The second-order valence-electron chi connectivity index (χ2n) is 3.48. The maximum absolute atomic E-state index is 11.6. The van der Waals surface area contributed by atoms with Crippen LogP contribution in [0.15, 0.2) is 0 Å². The third kappa shape index (κ3) is 6.55. The Morgan fingerprint density at radius 2 is 1.89 bits per heavy atom. The number of carbonyl (C=O) groups excluding carboxylic acids is 2. The summed E-state index contributed by atoms with van der Waals surface area (Å²) >= 11 is 0. The van der Waals surface area contributed by atoms with E-state index < -0.39 is 33.8 Å². The number of hydrogen-bond donors (Lipinski definition) is 1. The fraction of sp³-hybridized carbons (Fsp3) is 0.800. The fourth-order valence-corrected chi connectivity index (χ4v) is 2.42. The SMILES string of the molecule is CCOC(=O)CCS(=O)(=O)NC(CC)C(=O)OC. The molecule has 0 bridgehead atoms. The number of esters is 2. The first-order valence-electron chi connectivity index (χ1n) is 5.59. The lowest BCUT2D eigenvalue weighted by molar-refractivity contribution is -0.143. The smallest absolute Gasteiger partial charge is 0.323 e. The van der Waals surface area contributed by atoms with Crippen LogP contribution in [0, 0.1) is 0 Å². The van der Waals surface area contributed by atoms with Gasteiger partial charge in [-0.2, -0.15) is 0 Å². The van der Waals surface area contributed by atoms with Gasteiger partial charge in [0.1, 0.15) is 6.04 Å². The van der Waals surface area contributed by atoms with E-state index in [1.807, 2.05) is 0 Å². The molecule has 0 rings (SSSR count). The molecule has 7 nitrogen and oxygen atoms in total. The molecule has 0 aliphatic carbocycles.